The number of carboxylic acids is 1. The molecule has 1 aromatic heterocycles. The summed E-state index contributed by atoms with van der Waals surface area (Å²) >= 11 is 0. The number of carbonyl (C=O) groups is 1. The van der Waals surface area contributed by atoms with Crippen LogP contribution < -0.4 is 5.43 Å². The van der Waals surface area contributed by atoms with Gasteiger partial charge < -0.3 is 15.6 Å². The van der Waals surface area contributed by atoms with Crippen molar-refractivity contribution in [3.05, 3.63) is 24.5 Å². The molecule has 1 heterocycles. The van der Waals surface area contributed by atoms with Gasteiger partial charge in [-0.3, -0.25) is 9.47 Å². The van der Waals surface area contributed by atoms with Crippen molar-refractivity contribution < 1.29 is 15.0 Å². The van der Waals surface area contributed by atoms with Gasteiger partial charge in [0.2, 0.25) is 0 Å². The SMILES string of the molecule is O=C(O)CC(O)CNn1cccc1. The predicted molar refractivity (Wildman–Crippen MR) is 46.9 cm³/mol. The van der Waals surface area contributed by atoms with E-state index >= 15 is 0 Å². The van der Waals surface area contributed by atoms with E-state index in [0.717, 1.165) is 0 Å². The van der Waals surface area contributed by atoms with E-state index in [2.05, 4.69) is 5.43 Å². The first-order valence-electron chi connectivity index (χ1n) is 3.95. The first kappa shape index (κ1) is 9.60. The fraction of sp³-hybridized carbons (Fsp3) is 0.375. The molecule has 0 aliphatic heterocycles. The molecule has 0 saturated heterocycles. The van der Waals surface area contributed by atoms with Crippen LogP contribution >= 0.6 is 0 Å². The Balaban J connectivity index is 2.22. The Morgan fingerprint density at radius 2 is 2.08 bits per heavy atom. The number of nitrogens with one attached hydrogen (secondary N) is 1. The molecule has 5 nitrogen and oxygen atoms in total. The molecule has 0 radical (unpaired) electrons. The molecule has 0 saturated carbocycles. The van der Waals surface area contributed by atoms with Gasteiger partial charge in [-0.2, -0.15) is 0 Å². The second kappa shape index (κ2) is 4.51. The van der Waals surface area contributed by atoms with E-state index in [-0.39, 0.29) is 13.0 Å². The summed E-state index contributed by atoms with van der Waals surface area (Å²) in [6.45, 7) is 0.223. The molecule has 1 aromatic rings. The van der Waals surface area contributed by atoms with Crippen LogP contribution in [-0.2, 0) is 4.79 Å². The first-order chi connectivity index (χ1) is 6.18. The second-order valence-corrected chi connectivity index (χ2v) is 2.70. The van der Waals surface area contributed by atoms with E-state index < -0.39 is 12.1 Å². The zero-order valence-electron chi connectivity index (χ0n) is 7.05. The maximum Gasteiger partial charge on any atom is 0.306 e. The number of carboxylic acid groups (broad SMARTS) is 1. The highest BCUT2D eigenvalue weighted by Crippen LogP contribution is 1.91. The van der Waals surface area contributed by atoms with Gasteiger partial charge in [0.25, 0.3) is 0 Å². The van der Waals surface area contributed by atoms with Crippen molar-refractivity contribution >= 4 is 5.97 Å². The highest BCUT2D eigenvalue weighted by Gasteiger charge is 2.08. The number of rotatable bonds is 5. The van der Waals surface area contributed by atoms with E-state index in [4.69, 9.17) is 10.2 Å². The molecule has 0 aliphatic rings. The Hall–Kier alpha value is -1.49. The van der Waals surface area contributed by atoms with Gasteiger partial charge in [0.05, 0.1) is 19.1 Å². The standard InChI is InChI=1S/C8H12N2O3/c11-7(5-8(12)13)6-9-10-3-1-2-4-10/h1-4,7,9,11H,5-6H2,(H,12,13). The van der Waals surface area contributed by atoms with Crippen molar-refractivity contribution in [3.63, 3.8) is 0 Å². The molecule has 0 bridgehead atoms. The fourth-order valence-electron chi connectivity index (χ4n) is 0.924. The molecule has 0 spiro atoms. The van der Waals surface area contributed by atoms with Crippen LogP contribution in [0.1, 0.15) is 6.42 Å². The molecule has 13 heavy (non-hydrogen) atoms. The minimum absolute atomic E-state index is 0.223. The van der Waals surface area contributed by atoms with Crippen LogP contribution in [0.25, 0.3) is 0 Å². The number of aliphatic carboxylic acids is 1. The summed E-state index contributed by atoms with van der Waals surface area (Å²) in [5.74, 6) is -0.998. The zero-order chi connectivity index (χ0) is 9.68. The third kappa shape index (κ3) is 3.62. The normalized spacial score (nSPS) is 12.4. The number of hydrogen-bond acceptors (Lipinski definition) is 3. The van der Waals surface area contributed by atoms with Gasteiger partial charge in [-0.15, -0.1) is 0 Å². The smallest absolute Gasteiger partial charge is 0.306 e. The molecule has 3 N–H and O–H groups in total. The van der Waals surface area contributed by atoms with E-state index in [1.165, 1.54) is 0 Å². The summed E-state index contributed by atoms with van der Waals surface area (Å²) in [6, 6.07) is 3.66. The summed E-state index contributed by atoms with van der Waals surface area (Å²) < 4.78 is 1.66. The molecule has 1 atom stereocenters. The monoisotopic (exact) mass is 184 g/mol. The van der Waals surface area contributed by atoms with Gasteiger partial charge in [-0.05, 0) is 12.1 Å². The second-order valence-electron chi connectivity index (χ2n) is 2.70. The summed E-state index contributed by atoms with van der Waals surface area (Å²) in [6.07, 6.45) is 2.44. The lowest BCUT2D eigenvalue weighted by molar-refractivity contribution is -0.138. The van der Waals surface area contributed by atoms with Crippen molar-refractivity contribution in [3.8, 4) is 0 Å². The molecular formula is C8H12N2O3. The molecular weight excluding hydrogens is 172 g/mol. The Kier molecular flexibility index (Phi) is 3.33. The van der Waals surface area contributed by atoms with E-state index in [1.807, 2.05) is 12.1 Å². The summed E-state index contributed by atoms with van der Waals surface area (Å²) in [5.41, 5.74) is 2.83. The average molecular weight is 184 g/mol. The minimum atomic E-state index is -0.998. The van der Waals surface area contributed by atoms with Crippen molar-refractivity contribution in [1.82, 2.24) is 4.68 Å². The third-order valence-corrected chi connectivity index (χ3v) is 1.52. The molecule has 0 aromatic carbocycles. The molecule has 0 fully saturated rings. The Labute approximate surface area is 75.6 Å². The lowest BCUT2D eigenvalue weighted by Crippen LogP contribution is -2.27. The summed E-state index contributed by atoms with van der Waals surface area (Å²) in [5, 5.41) is 17.5. The average Bonchev–Trinajstić information content (AvgIpc) is 2.51. The topological polar surface area (TPSA) is 74.5 Å². The lowest BCUT2D eigenvalue weighted by atomic mass is 10.2. The molecule has 1 rings (SSSR count). The number of aromatic nitrogens is 1. The zero-order valence-corrected chi connectivity index (χ0v) is 7.05. The quantitative estimate of drug-likeness (QED) is 0.595. The predicted octanol–water partition coefficient (Wildman–Crippen LogP) is -0.133. The largest absolute Gasteiger partial charge is 0.481 e. The van der Waals surface area contributed by atoms with Crippen LogP contribution in [0.2, 0.25) is 0 Å². The van der Waals surface area contributed by atoms with Crippen molar-refractivity contribution in [2.45, 2.75) is 12.5 Å². The number of nitrogens with zero attached hydrogens (tertiary/aromatic N) is 1. The van der Waals surface area contributed by atoms with Crippen LogP contribution in [0.5, 0.6) is 0 Å². The van der Waals surface area contributed by atoms with E-state index in [0.29, 0.717) is 0 Å². The number of hydrogen-bond donors (Lipinski definition) is 3. The van der Waals surface area contributed by atoms with Gasteiger partial charge in [0.1, 0.15) is 0 Å². The Morgan fingerprint density at radius 3 is 2.62 bits per heavy atom. The van der Waals surface area contributed by atoms with Gasteiger partial charge >= 0.3 is 5.97 Å². The fourth-order valence-corrected chi connectivity index (χ4v) is 0.924. The number of aliphatic hydroxyl groups is 1. The molecule has 0 aliphatic carbocycles. The number of aliphatic hydroxyl groups excluding tert-OH is 1. The van der Waals surface area contributed by atoms with Crippen LogP contribution in [0, 0.1) is 0 Å². The molecule has 1 unspecified atom stereocenters. The van der Waals surface area contributed by atoms with Crippen LogP contribution in [-0.4, -0.2) is 33.5 Å². The molecule has 0 amide bonds. The maximum atomic E-state index is 10.2. The maximum absolute atomic E-state index is 10.2. The third-order valence-electron chi connectivity index (χ3n) is 1.52. The van der Waals surface area contributed by atoms with Crippen molar-refractivity contribution in [2.75, 3.05) is 12.0 Å². The first-order valence-corrected chi connectivity index (χ1v) is 3.95. The van der Waals surface area contributed by atoms with E-state index in [1.54, 1.807) is 17.1 Å². The van der Waals surface area contributed by atoms with Crippen LogP contribution in [0.15, 0.2) is 24.5 Å². The highest BCUT2D eigenvalue weighted by molar-refractivity contribution is 5.67. The Morgan fingerprint density at radius 1 is 1.46 bits per heavy atom. The van der Waals surface area contributed by atoms with Crippen LogP contribution in [0.4, 0.5) is 0 Å². The van der Waals surface area contributed by atoms with Gasteiger partial charge in [0.15, 0.2) is 0 Å². The van der Waals surface area contributed by atoms with Crippen molar-refractivity contribution in [1.29, 1.82) is 0 Å². The van der Waals surface area contributed by atoms with Crippen molar-refractivity contribution in [2.24, 2.45) is 0 Å². The van der Waals surface area contributed by atoms with Gasteiger partial charge in [-0.25, -0.2) is 0 Å². The molecule has 5 heteroatoms. The van der Waals surface area contributed by atoms with Crippen LogP contribution in [0.3, 0.4) is 0 Å². The summed E-state index contributed by atoms with van der Waals surface area (Å²) in [4.78, 5) is 10.2. The Bertz CT molecular complexity index is 258. The minimum Gasteiger partial charge on any atom is -0.481 e. The lowest BCUT2D eigenvalue weighted by Gasteiger charge is -2.11. The molecule has 72 valence electrons. The van der Waals surface area contributed by atoms with Gasteiger partial charge in [-0.1, -0.05) is 0 Å². The highest BCUT2D eigenvalue weighted by atomic mass is 16.4. The van der Waals surface area contributed by atoms with Gasteiger partial charge in [0, 0.05) is 12.4 Å². The summed E-state index contributed by atoms with van der Waals surface area (Å²) in [7, 11) is 0. The van der Waals surface area contributed by atoms with E-state index in [9.17, 15) is 4.79 Å².